The van der Waals surface area contributed by atoms with Crippen LogP contribution in [0.5, 0.6) is 0 Å². The first-order valence-corrected chi connectivity index (χ1v) is 8.30. The topological polar surface area (TPSA) is 84.5 Å². The van der Waals surface area contributed by atoms with Crippen molar-refractivity contribution in [2.45, 2.75) is 25.8 Å². The van der Waals surface area contributed by atoms with E-state index in [0.717, 1.165) is 5.56 Å². The molecule has 2 aromatic carbocycles. The summed E-state index contributed by atoms with van der Waals surface area (Å²) in [5.41, 5.74) is 1.75. The number of anilines is 1. The molecule has 2 N–H and O–H groups in total. The van der Waals surface area contributed by atoms with Gasteiger partial charge in [-0.05, 0) is 30.5 Å². The Labute approximate surface area is 152 Å². The maximum atomic E-state index is 12.6. The second-order valence-electron chi connectivity index (χ2n) is 5.80. The summed E-state index contributed by atoms with van der Waals surface area (Å²) in [6.07, 6.45) is 1.03. The average molecular weight is 354 g/mol. The monoisotopic (exact) mass is 354 g/mol. The van der Waals surface area contributed by atoms with Crippen molar-refractivity contribution in [2.24, 2.45) is 0 Å². The number of esters is 1. The van der Waals surface area contributed by atoms with E-state index in [0.29, 0.717) is 18.5 Å². The highest BCUT2D eigenvalue weighted by atomic mass is 16.5. The predicted molar refractivity (Wildman–Crippen MR) is 98.8 cm³/mol. The molecule has 0 heterocycles. The molecule has 0 aliphatic rings. The predicted octanol–water partition coefficient (Wildman–Crippen LogP) is 2.55. The van der Waals surface area contributed by atoms with Gasteiger partial charge in [-0.1, -0.05) is 42.5 Å². The summed E-state index contributed by atoms with van der Waals surface area (Å²) in [6.45, 7) is 1.37. The van der Waals surface area contributed by atoms with Crippen LogP contribution >= 0.6 is 0 Å². The summed E-state index contributed by atoms with van der Waals surface area (Å²) in [7, 11) is 1.29. The number of methoxy groups -OCH3 is 1. The minimum Gasteiger partial charge on any atom is -0.467 e. The molecule has 0 saturated heterocycles. The van der Waals surface area contributed by atoms with Crippen LogP contribution in [0.1, 0.15) is 29.3 Å². The SMILES string of the molecule is COC(=O)[C@@H](CCc1ccccc1)NC(=O)c1ccccc1NC(C)=O. The molecule has 6 heteroatoms. The molecule has 0 spiro atoms. The molecule has 26 heavy (non-hydrogen) atoms. The lowest BCUT2D eigenvalue weighted by Gasteiger charge is -2.18. The van der Waals surface area contributed by atoms with Crippen LogP contribution in [0, 0.1) is 0 Å². The minimum atomic E-state index is -0.780. The van der Waals surface area contributed by atoms with E-state index in [2.05, 4.69) is 10.6 Å². The van der Waals surface area contributed by atoms with Crippen molar-refractivity contribution >= 4 is 23.5 Å². The largest absolute Gasteiger partial charge is 0.467 e. The molecule has 0 unspecified atom stereocenters. The van der Waals surface area contributed by atoms with Gasteiger partial charge in [0.1, 0.15) is 6.04 Å². The fourth-order valence-electron chi connectivity index (χ4n) is 2.56. The number of carbonyl (C=O) groups excluding carboxylic acids is 3. The van der Waals surface area contributed by atoms with Gasteiger partial charge in [-0.25, -0.2) is 4.79 Å². The summed E-state index contributed by atoms with van der Waals surface area (Å²) in [4.78, 5) is 36.0. The van der Waals surface area contributed by atoms with E-state index in [1.165, 1.54) is 14.0 Å². The zero-order valence-electron chi connectivity index (χ0n) is 14.8. The minimum absolute atomic E-state index is 0.279. The van der Waals surface area contributed by atoms with Crippen molar-refractivity contribution in [3.8, 4) is 0 Å². The number of ether oxygens (including phenoxy) is 1. The molecule has 0 aromatic heterocycles. The van der Waals surface area contributed by atoms with Crippen molar-refractivity contribution in [3.63, 3.8) is 0 Å². The van der Waals surface area contributed by atoms with Crippen LogP contribution in [0.25, 0.3) is 0 Å². The van der Waals surface area contributed by atoms with Gasteiger partial charge < -0.3 is 15.4 Å². The summed E-state index contributed by atoms with van der Waals surface area (Å²) in [6, 6.07) is 15.5. The van der Waals surface area contributed by atoms with Crippen LogP contribution in [0.15, 0.2) is 54.6 Å². The van der Waals surface area contributed by atoms with E-state index in [1.54, 1.807) is 24.3 Å². The van der Waals surface area contributed by atoms with Gasteiger partial charge in [0.05, 0.1) is 18.4 Å². The highest BCUT2D eigenvalue weighted by Crippen LogP contribution is 2.16. The van der Waals surface area contributed by atoms with E-state index in [4.69, 9.17) is 4.74 Å². The fraction of sp³-hybridized carbons (Fsp3) is 0.250. The molecule has 0 radical (unpaired) electrons. The molecule has 0 bridgehead atoms. The molecule has 0 aliphatic carbocycles. The third-order valence-electron chi connectivity index (χ3n) is 3.84. The zero-order chi connectivity index (χ0) is 18.9. The molecule has 1 atom stereocenters. The number of rotatable bonds is 7. The first-order valence-electron chi connectivity index (χ1n) is 8.30. The Morgan fingerprint density at radius 3 is 2.31 bits per heavy atom. The highest BCUT2D eigenvalue weighted by molar-refractivity contribution is 6.04. The maximum absolute atomic E-state index is 12.6. The first kappa shape index (κ1) is 19.2. The van der Waals surface area contributed by atoms with Crippen LogP contribution in [0.2, 0.25) is 0 Å². The van der Waals surface area contributed by atoms with Gasteiger partial charge in [-0.2, -0.15) is 0 Å². The maximum Gasteiger partial charge on any atom is 0.328 e. The van der Waals surface area contributed by atoms with E-state index in [-0.39, 0.29) is 11.5 Å². The van der Waals surface area contributed by atoms with E-state index in [1.807, 2.05) is 30.3 Å². The number of carbonyl (C=O) groups is 3. The summed E-state index contributed by atoms with van der Waals surface area (Å²) in [5, 5.41) is 5.32. The first-order chi connectivity index (χ1) is 12.5. The van der Waals surface area contributed by atoms with Crippen molar-refractivity contribution in [3.05, 3.63) is 65.7 Å². The molecule has 2 amide bonds. The highest BCUT2D eigenvalue weighted by Gasteiger charge is 2.23. The Balaban J connectivity index is 2.11. The van der Waals surface area contributed by atoms with Crippen LogP contribution < -0.4 is 10.6 Å². The molecule has 2 rings (SSSR count). The molecule has 0 aliphatic heterocycles. The molecule has 0 fully saturated rings. The van der Waals surface area contributed by atoms with Gasteiger partial charge in [0.15, 0.2) is 0 Å². The van der Waals surface area contributed by atoms with Crippen molar-refractivity contribution in [1.82, 2.24) is 5.32 Å². The number of para-hydroxylation sites is 1. The Morgan fingerprint density at radius 2 is 1.65 bits per heavy atom. The number of aryl methyl sites for hydroxylation is 1. The normalized spacial score (nSPS) is 11.3. The third kappa shape index (κ3) is 5.44. The number of amides is 2. The summed E-state index contributed by atoms with van der Waals surface area (Å²) in [5.74, 6) is -1.23. The Hall–Kier alpha value is -3.15. The third-order valence-corrected chi connectivity index (χ3v) is 3.84. The van der Waals surface area contributed by atoms with Gasteiger partial charge in [-0.3, -0.25) is 9.59 Å². The van der Waals surface area contributed by atoms with Crippen molar-refractivity contribution < 1.29 is 19.1 Å². The van der Waals surface area contributed by atoms with E-state index >= 15 is 0 Å². The van der Waals surface area contributed by atoms with Crippen LogP contribution in [0.3, 0.4) is 0 Å². The molecular weight excluding hydrogens is 332 g/mol. The quantitative estimate of drug-likeness (QED) is 0.749. The molecule has 0 saturated carbocycles. The lowest BCUT2D eigenvalue weighted by molar-refractivity contribution is -0.143. The van der Waals surface area contributed by atoms with Gasteiger partial charge in [0.25, 0.3) is 5.91 Å². The lowest BCUT2D eigenvalue weighted by atomic mass is 10.0. The van der Waals surface area contributed by atoms with Crippen LogP contribution in [0.4, 0.5) is 5.69 Å². The Kier molecular flexibility index (Phi) is 6.91. The van der Waals surface area contributed by atoms with Crippen LogP contribution in [-0.4, -0.2) is 30.9 Å². The number of hydrogen-bond donors (Lipinski definition) is 2. The number of benzene rings is 2. The fourth-order valence-corrected chi connectivity index (χ4v) is 2.56. The summed E-state index contributed by atoms with van der Waals surface area (Å²) < 4.78 is 4.81. The van der Waals surface area contributed by atoms with Crippen molar-refractivity contribution in [1.29, 1.82) is 0 Å². The molecule has 2 aromatic rings. The zero-order valence-corrected chi connectivity index (χ0v) is 14.8. The standard InChI is InChI=1S/C20H22N2O4/c1-14(23)21-17-11-7-6-10-16(17)19(24)22-18(20(25)26-2)13-12-15-8-4-3-5-9-15/h3-11,18H,12-13H2,1-2H3,(H,21,23)(H,22,24)/t18-/m1/s1. The van der Waals surface area contributed by atoms with Gasteiger partial charge in [0, 0.05) is 6.92 Å². The van der Waals surface area contributed by atoms with Gasteiger partial charge >= 0.3 is 5.97 Å². The Morgan fingerprint density at radius 1 is 1.00 bits per heavy atom. The van der Waals surface area contributed by atoms with Gasteiger partial charge in [-0.15, -0.1) is 0 Å². The van der Waals surface area contributed by atoms with Gasteiger partial charge in [0.2, 0.25) is 5.91 Å². The Bertz CT molecular complexity index is 774. The lowest BCUT2D eigenvalue weighted by Crippen LogP contribution is -2.42. The second kappa shape index (κ2) is 9.36. The van der Waals surface area contributed by atoms with E-state index < -0.39 is 17.9 Å². The number of nitrogens with one attached hydrogen (secondary N) is 2. The molecule has 136 valence electrons. The number of hydrogen-bond acceptors (Lipinski definition) is 4. The van der Waals surface area contributed by atoms with E-state index in [9.17, 15) is 14.4 Å². The molecular formula is C20H22N2O4. The smallest absolute Gasteiger partial charge is 0.328 e. The summed E-state index contributed by atoms with van der Waals surface area (Å²) >= 11 is 0. The second-order valence-corrected chi connectivity index (χ2v) is 5.80. The van der Waals surface area contributed by atoms with Crippen LogP contribution in [-0.2, 0) is 20.7 Å². The molecule has 6 nitrogen and oxygen atoms in total. The van der Waals surface area contributed by atoms with Crippen molar-refractivity contribution in [2.75, 3.05) is 12.4 Å². The average Bonchev–Trinajstić information content (AvgIpc) is 2.65.